The maximum Gasteiger partial charge on any atom is 0.413 e. The van der Waals surface area contributed by atoms with Gasteiger partial charge in [-0.3, -0.25) is 10.4 Å². The van der Waals surface area contributed by atoms with E-state index in [4.69, 9.17) is 4.74 Å². The predicted molar refractivity (Wildman–Crippen MR) is 72.9 cm³/mol. The van der Waals surface area contributed by atoms with E-state index >= 15 is 0 Å². The average Bonchev–Trinajstić information content (AvgIpc) is 2.60. The van der Waals surface area contributed by atoms with Crippen molar-refractivity contribution in [2.24, 2.45) is 0 Å². The minimum Gasteiger partial charge on any atom is -0.444 e. The molecule has 0 saturated heterocycles. The number of carbonyl (C=O) groups excluding carboxylic acids is 1. The number of hydrogen-bond donors (Lipinski definition) is 3. The van der Waals surface area contributed by atoms with Crippen molar-refractivity contribution in [3.05, 3.63) is 11.8 Å². The molecular weight excluding hydrogens is 244 g/mol. The number of aromatic amines is 1. The number of nitrogens with one attached hydrogen (secondary N) is 3. The van der Waals surface area contributed by atoms with E-state index in [0.717, 1.165) is 5.56 Å². The van der Waals surface area contributed by atoms with Gasteiger partial charge in [-0.2, -0.15) is 5.10 Å². The van der Waals surface area contributed by atoms with Crippen LogP contribution in [0.1, 0.15) is 45.6 Å². The van der Waals surface area contributed by atoms with Gasteiger partial charge in [0.15, 0.2) is 0 Å². The molecule has 0 bridgehead atoms. The van der Waals surface area contributed by atoms with Crippen LogP contribution in [-0.2, 0) is 11.3 Å². The highest BCUT2D eigenvalue weighted by Crippen LogP contribution is 2.20. The van der Waals surface area contributed by atoms with Crippen LogP contribution in [0.2, 0.25) is 0 Å². The number of carbonyl (C=O) groups is 1. The van der Waals surface area contributed by atoms with Crippen molar-refractivity contribution in [3.8, 4) is 0 Å². The molecule has 6 nitrogen and oxygen atoms in total. The predicted octanol–water partition coefficient (Wildman–Crippen LogP) is 2.40. The highest BCUT2D eigenvalue weighted by atomic mass is 16.6. The van der Waals surface area contributed by atoms with Crippen molar-refractivity contribution in [2.75, 3.05) is 5.32 Å². The molecule has 0 aromatic carbocycles. The number of amides is 1. The number of hydrogen-bond acceptors (Lipinski definition) is 4. The van der Waals surface area contributed by atoms with Crippen molar-refractivity contribution in [2.45, 2.75) is 58.2 Å². The quantitative estimate of drug-likeness (QED) is 0.782. The summed E-state index contributed by atoms with van der Waals surface area (Å²) in [7, 11) is 0. The molecule has 0 radical (unpaired) electrons. The Morgan fingerprint density at radius 3 is 2.84 bits per heavy atom. The molecule has 2 rings (SSSR count). The summed E-state index contributed by atoms with van der Waals surface area (Å²) < 4.78 is 5.21. The molecular formula is C13H22N4O2. The van der Waals surface area contributed by atoms with Gasteiger partial charge in [-0.1, -0.05) is 6.42 Å². The highest BCUT2D eigenvalue weighted by Gasteiger charge is 2.19. The fourth-order valence-corrected chi connectivity index (χ4v) is 1.83. The molecule has 0 atom stereocenters. The first kappa shape index (κ1) is 13.9. The van der Waals surface area contributed by atoms with Crippen molar-refractivity contribution >= 4 is 11.9 Å². The molecule has 0 unspecified atom stereocenters. The summed E-state index contributed by atoms with van der Waals surface area (Å²) in [6.45, 7) is 6.20. The van der Waals surface area contributed by atoms with Crippen LogP contribution in [0.15, 0.2) is 6.20 Å². The molecule has 0 spiro atoms. The third kappa shape index (κ3) is 4.24. The molecule has 1 saturated carbocycles. The number of anilines is 1. The second kappa shape index (κ2) is 5.61. The van der Waals surface area contributed by atoms with E-state index in [1.807, 2.05) is 20.8 Å². The molecule has 1 aromatic rings. The van der Waals surface area contributed by atoms with Gasteiger partial charge in [-0.25, -0.2) is 4.79 Å². The summed E-state index contributed by atoms with van der Waals surface area (Å²) in [5.41, 5.74) is 0.437. The molecule has 1 fully saturated rings. The van der Waals surface area contributed by atoms with E-state index in [0.29, 0.717) is 18.4 Å². The van der Waals surface area contributed by atoms with Gasteiger partial charge in [0.05, 0.1) is 6.20 Å². The van der Waals surface area contributed by atoms with E-state index in [1.54, 1.807) is 6.20 Å². The molecule has 3 N–H and O–H groups in total. The summed E-state index contributed by atoms with van der Waals surface area (Å²) in [6.07, 6.45) is 5.01. The number of rotatable bonds is 4. The standard InChI is InChI=1S/C13H22N4O2/c1-13(2,3)19-12(18)16-11-9(8-15-17-11)7-14-10-5-4-6-10/h8,10,14H,4-7H2,1-3H3,(H2,15,16,17,18). The lowest BCUT2D eigenvalue weighted by Crippen LogP contribution is -2.34. The van der Waals surface area contributed by atoms with Gasteiger partial charge < -0.3 is 10.1 Å². The van der Waals surface area contributed by atoms with E-state index < -0.39 is 11.7 Å². The van der Waals surface area contributed by atoms with Crippen molar-refractivity contribution < 1.29 is 9.53 Å². The molecule has 1 aromatic heterocycles. The van der Waals surface area contributed by atoms with Gasteiger partial charge in [-0.15, -0.1) is 0 Å². The Balaban J connectivity index is 1.85. The van der Waals surface area contributed by atoms with Crippen LogP contribution in [0.25, 0.3) is 0 Å². The molecule has 1 aliphatic carbocycles. The van der Waals surface area contributed by atoms with E-state index in [1.165, 1.54) is 19.3 Å². The lowest BCUT2D eigenvalue weighted by molar-refractivity contribution is 0.0635. The van der Waals surface area contributed by atoms with Gasteiger partial charge in [-0.05, 0) is 33.6 Å². The van der Waals surface area contributed by atoms with E-state index in [-0.39, 0.29) is 0 Å². The Hall–Kier alpha value is -1.56. The first-order valence-corrected chi connectivity index (χ1v) is 6.70. The summed E-state index contributed by atoms with van der Waals surface area (Å²) in [4.78, 5) is 11.7. The highest BCUT2D eigenvalue weighted by molar-refractivity contribution is 5.84. The number of nitrogens with zero attached hydrogens (tertiary/aromatic N) is 1. The molecule has 1 heterocycles. The first-order valence-electron chi connectivity index (χ1n) is 6.70. The Morgan fingerprint density at radius 2 is 2.26 bits per heavy atom. The van der Waals surface area contributed by atoms with Crippen molar-refractivity contribution in [3.63, 3.8) is 0 Å². The molecule has 1 amide bonds. The van der Waals surface area contributed by atoms with Gasteiger partial charge in [0.2, 0.25) is 0 Å². The molecule has 1 aliphatic rings. The first-order chi connectivity index (χ1) is 8.94. The lowest BCUT2D eigenvalue weighted by atomic mass is 9.93. The van der Waals surface area contributed by atoms with Crippen LogP contribution in [0, 0.1) is 0 Å². The monoisotopic (exact) mass is 266 g/mol. The summed E-state index contributed by atoms with van der Waals surface area (Å²) in [6, 6.07) is 0.601. The summed E-state index contributed by atoms with van der Waals surface area (Å²) in [5, 5.41) is 12.9. The Labute approximate surface area is 113 Å². The zero-order chi connectivity index (χ0) is 13.9. The maximum atomic E-state index is 11.7. The van der Waals surface area contributed by atoms with Gasteiger partial charge >= 0.3 is 6.09 Å². The van der Waals surface area contributed by atoms with Gasteiger partial charge in [0, 0.05) is 18.2 Å². The van der Waals surface area contributed by atoms with Crippen LogP contribution in [-0.4, -0.2) is 27.9 Å². The lowest BCUT2D eigenvalue weighted by Gasteiger charge is -2.26. The van der Waals surface area contributed by atoms with Crippen molar-refractivity contribution in [1.82, 2.24) is 15.5 Å². The smallest absolute Gasteiger partial charge is 0.413 e. The minimum atomic E-state index is -0.506. The zero-order valence-corrected chi connectivity index (χ0v) is 11.7. The Bertz CT molecular complexity index is 432. The number of H-pyrrole nitrogens is 1. The molecule has 6 heteroatoms. The second-order valence-electron chi connectivity index (χ2n) is 5.91. The van der Waals surface area contributed by atoms with E-state index in [9.17, 15) is 4.79 Å². The largest absolute Gasteiger partial charge is 0.444 e. The number of aromatic nitrogens is 2. The van der Waals surface area contributed by atoms with Crippen LogP contribution in [0.4, 0.5) is 10.6 Å². The zero-order valence-electron chi connectivity index (χ0n) is 11.7. The number of ether oxygens (including phenoxy) is 1. The second-order valence-corrected chi connectivity index (χ2v) is 5.91. The molecule has 0 aliphatic heterocycles. The Kier molecular flexibility index (Phi) is 4.09. The topological polar surface area (TPSA) is 79.0 Å². The third-order valence-corrected chi connectivity index (χ3v) is 3.03. The minimum absolute atomic E-state index is 0.471. The molecule has 19 heavy (non-hydrogen) atoms. The van der Waals surface area contributed by atoms with Crippen LogP contribution >= 0.6 is 0 Å². The van der Waals surface area contributed by atoms with Crippen LogP contribution < -0.4 is 10.6 Å². The fraction of sp³-hybridized carbons (Fsp3) is 0.692. The third-order valence-electron chi connectivity index (χ3n) is 3.03. The Morgan fingerprint density at radius 1 is 1.53 bits per heavy atom. The average molecular weight is 266 g/mol. The normalized spacial score (nSPS) is 15.9. The van der Waals surface area contributed by atoms with Gasteiger partial charge in [0.25, 0.3) is 0 Å². The molecule has 106 valence electrons. The SMILES string of the molecule is CC(C)(C)OC(=O)Nc1[nH]ncc1CNC1CCC1. The fourth-order valence-electron chi connectivity index (χ4n) is 1.83. The van der Waals surface area contributed by atoms with Gasteiger partial charge in [0.1, 0.15) is 11.4 Å². The van der Waals surface area contributed by atoms with E-state index in [2.05, 4.69) is 20.8 Å². The van der Waals surface area contributed by atoms with Crippen molar-refractivity contribution in [1.29, 1.82) is 0 Å². The van der Waals surface area contributed by atoms with Crippen LogP contribution in [0.5, 0.6) is 0 Å². The van der Waals surface area contributed by atoms with Crippen LogP contribution in [0.3, 0.4) is 0 Å². The summed E-state index contributed by atoms with van der Waals surface area (Å²) >= 11 is 0. The summed E-state index contributed by atoms with van der Waals surface area (Å²) in [5.74, 6) is 0.598. The maximum absolute atomic E-state index is 11.7.